The highest BCUT2D eigenvalue weighted by Gasteiger charge is 2.77. The maximum atomic E-state index is 13.4. The first-order chi connectivity index (χ1) is 13.5. The minimum Gasteiger partial charge on any atom is -0.297 e. The van der Waals surface area contributed by atoms with Crippen LogP contribution in [0.5, 0.6) is 0 Å². The highest BCUT2D eigenvalue weighted by Crippen LogP contribution is 2.80. The molecular weight excluding hydrogens is 348 g/mol. The fourth-order valence-corrected chi connectivity index (χ4v) is 9.21. The second kappa shape index (κ2) is 5.89. The summed E-state index contributed by atoms with van der Waals surface area (Å²) in [7, 11) is 0. The van der Waals surface area contributed by atoms with Crippen LogP contribution >= 0.6 is 0 Å². The smallest absolute Gasteiger partial charge is 0.163 e. The molecule has 0 N–H and O–H groups in total. The molecule has 0 amide bonds. The van der Waals surface area contributed by atoms with Crippen molar-refractivity contribution in [3.05, 3.63) is 6.33 Å². The number of rotatable bonds is 3. The molecule has 152 valence electrons. The third kappa shape index (κ3) is 2.19. The number of hydrogen-bond acceptors (Lipinski definition) is 4. The third-order valence-electron chi connectivity index (χ3n) is 10.4. The van der Waals surface area contributed by atoms with Crippen molar-refractivity contribution in [1.29, 1.82) is 0 Å². The molecule has 1 unspecified atom stereocenters. The molecule has 6 rings (SSSR count). The monoisotopic (exact) mass is 382 g/mol. The van der Waals surface area contributed by atoms with Crippen LogP contribution in [0.1, 0.15) is 71.6 Å². The van der Waals surface area contributed by atoms with E-state index in [9.17, 15) is 4.79 Å². The van der Waals surface area contributed by atoms with Gasteiger partial charge in [0.2, 0.25) is 0 Å². The predicted molar refractivity (Wildman–Crippen MR) is 105 cm³/mol. The number of Topliss-reactive ketones (excluding diaryl/α,β-unsaturated/α-hetero) is 1. The van der Waals surface area contributed by atoms with Gasteiger partial charge in [-0.2, -0.15) is 4.80 Å². The third-order valence-corrected chi connectivity index (χ3v) is 10.4. The molecule has 0 saturated heterocycles. The first kappa shape index (κ1) is 17.6. The molecule has 1 heterocycles. The summed E-state index contributed by atoms with van der Waals surface area (Å²) in [5.41, 5.74) is 0.138. The summed E-state index contributed by atoms with van der Waals surface area (Å²) in [4.78, 5) is 14.9. The summed E-state index contributed by atoms with van der Waals surface area (Å²) >= 11 is 0. The van der Waals surface area contributed by atoms with Gasteiger partial charge in [0.05, 0.1) is 0 Å². The zero-order valence-electron chi connectivity index (χ0n) is 17.4. The van der Waals surface area contributed by atoms with Gasteiger partial charge >= 0.3 is 0 Å². The van der Waals surface area contributed by atoms with Crippen LogP contribution in [0.3, 0.4) is 0 Å². The van der Waals surface area contributed by atoms with E-state index in [0.717, 1.165) is 41.9 Å². The molecule has 0 radical (unpaired) electrons. The van der Waals surface area contributed by atoms with Crippen molar-refractivity contribution in [2.75, 3.05) is 0 Å². The van der Waals surface area contributed by atoms with E-state index in [1.165, 1.54) is 62.5 Å². The molecule has 5 aliphatic rings. The summed E-state index contributed by atoms with van der Waals surface area (Å²) in [5.74, 6) is 6.55. The van der Waals surface area contributed by atoms with Crippen molar-refractivity contribution in [3.63, 3.8) is 0 Å². The average Bonchev–Trinajstić information content (AvgIpc) is 3.07. The number of aromatic nitrogens is 4. The summed E-state index contributed by atoms with van der Waals surface area (Å²) < 4.78 is 0. The van der Waals surface area contributed by atoms with E-state index in [1.54, 1.807) is 0 Å². The topological polar surface area (TPSA) is 60.7 Å². The molecule has 28 heavy (non-hydrogen) atoms. The minimum atomic E-state index is -0.0752. The van der Waals surface area contributed by atoms with Crippen LogP contribution in [0.15, 0.2) is 6.33 Å². The Balaban J connectivity index is 1.25. The number of ketones is 1. The number of carbonyl (C=O) groups excluding carboxylic acids is 1. The van der Waals surface area contributed by atoms with E-state index in [0.29, 0.717) is 18.2 Å². The Hall–Kier alpha value is -1.26. The molecule has 5 nitrogen and oxygen atoms in total. The fraction of sp³-hybridized carbons (Fsp3) is 0.913. The molecule has 5 aliphatic carbocycles. The number of fused-ring (bicyclic) bond motifs is 7. The Morgan fingerprint density at radius 2 is 1.96 bits per heavy atom. The van der Waals surface area contributed by atoms with E-state index >= 15 is 0 Å². The van der Waals surface area contributed by atoms with E-state index in [-0.39, 0.29) is 10.8 Å². The molecule has 9 atom stereocenters. The lowest BCUT2D eigenvalue weighted by atomic mass is 9.47. The molecule has 5 saturated carbocycles. The Morgan fingerprint density at radius 3 is 2.79 bits per heavy atom. The quantitative estimate of drug-likeness (QED) is 0.788. The standard InChI is InChI=1S/C23H34N4O/c1-14-3-5-17-15(9-14)4-6-19-18(17)7-8-22(2)20(19)10-16-11-23(16,22)21(28)12-27-25-13-24-26-27/h13-20H,3-12H2,1-2H3/t14-,15+,16?,17-,18+,19+,20-,22-,23+/m0/s1. The number of carbonyl (C=O) groups is 1. The lowest BCUT2D eigenvalue weighted by Crippen LogP contribution is -2.51. The first-order valence-electron chi connectivity index (χ1n) is 11.8. The molecule has 0 bridgehead atoms. The zero-order chi connectivity index (χ0) is 19.1. The van der Waals surface area contributed by atoms with Crippen molar-refractivity contribution in [3.8, 4) is 0 Å². The average molecular weight is 383 g/mol. The van der Waals surface area contributed by atoms with Crippen LogP contribution in [-0.4, -0.2) is 26.0 Å². The first-order valence-corrected chi connectivity index (χ1v) is 11.8. The number of nitrogens with zero attached hydrogens (tertiary/aromatic N) is 4. The van der Waals surface area contributed by atoms with Crippen LogP contribution in [0.4, 0.5) is 0 Å². The van der Waals surface area contributed by atoms with Gasteiger partial charge in [0, 0.05) is 5.41 Å². The second-order valence-electron chi connectivity index (χ2n) is 11.3. The normalized spacial score (nSPS) is 51.6. The molecule has 0 aliphatic heterocycles. The Morgan fingerprint density at radius 1 is 1.11 bits per heavy atom. The van der Waals surface area contributed by atoms with Gasteiger partial charge in [-0.1, -0.05) is 20.3 Å². The summed E-state index contributed by atoms with van der Waals surface area (Å²) in [6.45, 7) is 5.27. The predicted octanol–water partition coefficient (Wildman–Crippen LogP) is 4.15. The Kier molecular flexibility index (Phi) is 3.70. The Labute approximate surface area is 168 Å². The molecule has 5 heteroatoms. The highest BCUT2D eigenvalue weighted by atomic mass is 16.1. The van der Waals surface area contributed by atoms with Gasteiger partial charge in [0.15, 0.2) is 12.1 Å². The van der Waals surface area contributed by atoms with Crippen LogP contribution in [0, 0.1) is 52.3 Å². The van der Waals surface area contributed by atoms with Crippen LogP contribution in [-0.2, 0) is 11.3 Å². The van der Waals surface area contributed by atoms with E-state index in [4.69, 9.17) is 0 Å². The molecule has 0 spiro atoms. The number of hydrogen-bond donors (Lipinski definition) is 0. The van der Waals surface area contributed by atoms with Crippen LogP contribution in [0.2, 0.25) is 0 Å². The summed E-state index contributed by atoms with van der Waals surface area (Å²) in [6, 6.07) is 0. The van der Waals surface area contributed by atoms with Crippen LogP contribution in [0.25, 0.3) is 0 Å². The molecule has 1 aromatic rings. The van der Waals surface area contributed by atoms with Gasteiger partial charge in [0.25, 0.3) is 0 Å². The maximum absolute atomic E-state index is 13.4. The fourth-order valence-electron chi connectivity index (χ4n) is 9.21. The van der Waals surface area contributed by atoms with Gasteiger partial charge in [0.1, 0.15) is 6.54 Å². The van der Waals surface area contributed by atoms with Crippen molar-refractivity contribution in [1.82, 2.24) is 20.2 Å². The van der Waals surface area contributed by atoms with E-state index in [1.807, 2.05) is 0 Å². The highest BCUT2D eigenvalue weighted by molar-refractivity contribution is 5.89. The van der Waals surface area contributed by atoms with Gasteiger partial charge in [-0.15, -0.1) is 10.2 Å². The lowest BCUT2D eigenvalue weighted by molar-refractivity contribution is -0.137. The number of tetrazole rings is 1. The zero-order valence-corrected chi connectivity index (χ0v) is 17.4. The van der Waals surface area contributed by atoms with Gasteiger partial charge in [-0.3, -0.25) is 4.79 Å². The van der Waals surface area contributed by atoms with Gasteiger partial charge < -0.3 is 0 Å². The molecule has 0 aromatic carbocycles. The van der Waals surface area contributed by atoms with Gasteiger partial charge in [-0.05, 0) is 103 Å². The van der Waals surface area contributed by atoms with Crippen LogP contribution < -0.4 is 0 Å². The second-order valence-corrected chi connectivity index (χ2v) is 11.3. The SMILES string of the molecule is C[C@H]1CC[C@H]2[C@H](CC[C@@H]3[C@@H]2CC[C@@]2(C)[C@H]3CC3C[C@]32C(=O)Cn2ncnn2)C1. The molecular formula is C23H34N4O. The summed E-state index contributed by atoms with van der Waals surface area (Å²) in [6.07, 6.45) is 13.8. The summed E-state index contributed by atoms with van der Waals surface area (Å²) in [5, 5.41) is 11.8. The van der Waals surface area contributed by atoms with E-state index in [2.05, 4.69) is 29.3 Å². The van der Waals surface area contributed by atoms with Crippen molar-refractivity contribution in [2.45, 2.75) is 78.2 Å². The largest absolute Gasteiger partial charge is 0.297 e. The van der Waals surface area contributed by atoms with Crippen molar-refractivity contribution < 1.29 is 4.79 Å². The van der Waals surface area contributed by atoms with Gasteiger partial charge in [-0.25, -0.2) is 0 Å². The molecule has 5 fully saturated rings. The minimum absolute atomic E-state index is 0.0752. The molecule has 1 aromatic heterocycles. The van der Waals surface area contributed by atoms with Crippen molar-refractivity contribution >= 4 is 5.78 Å². The van der Waals surface area contributed by atoms with Crippen molar-refractivity contribution in [2.24, 2.45) is 52.3 Å². The lowest BCUT2D eigenvalue weighted by Gasteiger charge is -2.57. The van der Waals surface area contributed by atoms with E-state index < -0.39 is 0 Å². The Bertz CT molecular complexity index is 778. The maximum Gasteiger partial charge on any atom is 0.163 e.